The maximum absolute atomic E-state index is 12.3. The molecule has 0 amide bonds. The van der Waals surface area contributed by atoms with Crippen LogP contribution in [-0.2, 0) is 10.2 Å². The summed E-state index contributed by atoms with van der Waals surface area (Å²) >= 11 is 0. The summed E-state index contributed by atoms with van der Waals surface area (Å²) in [6.07, 6.45) is 3.59. The molecular formula is C15H26N2O2S. The molecule has 0 radical (unpaired) electrons. The van der Waals surface area contributed by atoms with Crippen molar-refractivity contribution < 1.29 is 8.42 Å². The third-order valence-corrected chi connectivity index (χ3v) is 4.89. The first-order valence-electron chi connectivity index (χ1n) is 7.29. The van der Waals surface area contributed by atoms with Crippen molar-refractivity contribution in [3.05, 3.63) is 35.9 Å². The summed E-state index contributed by atoms with van der Waals surface area (Å²) in [4.78, 5) is 0. The molecule has 1 rings (SSSR count). The number of hydrogen-bond donors (Lipinski definition) is 1. The van der Waals surface area contributed by atoms with Crippen LogP contribution in [0.25, 0.3) is 0 Å². The molecule has 0 aliphatic rings. The second-order valence-electron chi connectivity index (χ2n) is 5.05. The van der Waals surface area contributed by atoms with Gasteiger partial charge < -0.3 is 0 Å². The lowest BCUT2D eigenvalue weighted by Gasteiger charge is -2.23. The Labute approximate surface area is 123 Å². The molecule has 5 heteroatoms. The van der Waals surface area contributed by atoms with Gasteiger partial charge in [-0.15, -0.1) is 0 Å². The molecule has 0 aliphatic carbocycles. The van der Waals surface area contributed by atoms with Crippen molar-refractivity contribution in [2.24, 2.45) is 0 Å². The van der Waals surface area contributed by atoms with Crippen LogP contribution in [0, 0.1) is 0 Å². The van der Waals surface area contributed by atoms with E-state index in [-0.39, 0.29) is 6.04 Å². The van der Waals surface area contributed by atoms with Crippen molar-refractivity contribution >= 4 is 10.2 Å². The van der Waals surface area contributed by atoms with E-state index in [1.807, 2.05) is 30.3 Å². The summed E-state index contributed by atoms with van der Waals surface area (Å²) in [7, 11) is -1.79. The lowest BCUT2D eigenvalue weighted by Crippen LogP contribution is -2.40. The van der Waals surface area contributed by atoms with Crippen LogP contribution in [0.4, 0.5) is 0 Å². The maximum atomic E-state index is 12.3. The normalized spacial score (nSPS) is 13.6. The maximum Gasteiger partial charge on any atom is 0.279 e. The first-order valence-corrected chi connectivity index (χ1v) is 8.73. The van der Waals surface area contributed by atoms with Gasteiger partial charge in [0, 0.05) is 19.6 Å². The van der Waals surface area contributed by atoms with E-state index in [1.165, 1.54) is 4.31 Å². The summed E-state index contributed by atoms with van der Waals surface area (Å²) in [5.41, 5.74) is 1.02. The van der Waals surface area contributed by atoms with Gasteiger partial charge in [0.05, 0.1) is 0 Å². The van der Waals surface area contributed by atoms with Gasteiger partial charge in [-0.1, -0.05) is 57.0 Å². The minimum absolute atomic E-state index is 0.157. The van der Waals surface area contributed by atoms with Gasteiger partial charge in [0.2, 0.25) is 0 Å². The second-order valence-corrected chi connectivity index (χ2v) is 6.86. The molecule has 0 aromatic heterocycles. The molecule has 0 fully saturated rings. The Hall–Kier alpha value is -0.910. The third-order valence-electron chi connectivity index (χ3n) is 3.31. The zero-order valence-electron chi connectivity index (χ0n) is 12.7. The number of nitrogens with zero attached hydrogens (tertiary/aromatic N) is 1. The molecule has 20 heavy (non-hydrogen) atoms. The van der Waals surface area contributed by atoms with Gasteiger partial charge >= 0.3 is 0 Å². The highest BCUT2D eigenvalue weighted by Crippen LogP contribution is 2.19. The molecule has 0 saturated heterocycles. The van der Waals surface area contributed by atoms with Gasteiger partial charge in [-0.05, 0) is 18.4 Å². The van der Waals surface area contributed by atoms with Crippen LogP contribution in [-0.4, -0.2) is 26.3 Å². The zero-order chi connectivity index (χ0) is 15.0. The second kappa shape index (κ2) is 8.39. The van der Waals surface area contributed by atoms with Crippen molar-refractivity contribution in [2.45, 2.75) is 45.6 Å². The summed E-state index contributed by atoms with van der Waals surface area (Å²) < 4.78 is 28.8. The van der Waals surface area contributed by atoms with Crippen molar-refractivity contribution in [2.75, 3.05) is 13.6 Å². The predicted octanol–water partition coefficient (Wildman–Crippen LogP) is 3.09. The standard InChI is InChI=1S/C15H26N2O2S/c1-4-6-13-17(3)20(18,19)16-15(10-5-2)14-11-8-7-9-12-14/h7-9,11-12,15-16H,4-6,10,13H2,1-3H3. The molecule has 1 aromatic rings. The minimum atomic E-state index is -3.42. The van der Waals surface area contributed by atoms with E-state index in [0.29, 0.717) is 6.54 Å². The van der Waals surface area contributed by atoms with Crippen LogP contribution in [0.3, 0.4) is 0 Å². The molecule has 1 aromatic carbocycles. The van der Waals surface area contributed by atoms with E-state index in [1.54, 1.807) is 7.05 Å². The SMILES string of the molecule is CCCCN(C)S(=O)(=O)NC(CCC)c1ccccc1. The Kier molecular flexibility index (Phi) is 7.19. The van der Waals surface area contributed by atoms with Gasteiger partial charge in [-0.2, -0.15) is 17.4 Å². The molecule has 1 N–H and O–H groups in total. The first kappa shape index (κ1) is 17.1. The molecular weight excluding hydrogens is 272 g/mol. The Morgan fingerprint density at radius 1 is 1.15 bits per heavy atom. The lowest BCUT2D eigenvalue weighted by molar-refractivity contribution is 0.434. The van der Waals surface area contributed by atoms with Crippen LogP contribution in [0.5, 0.6) is 0 Å². The summed E-state index contributed by atoms with van der Waals surface area (Å²) in [6, 6.07) is 9.59. The fourth-order valence-electron chi connectivity index (χ4n) is 2.04. The Morgan fingerprint density at radius 2 is 1.80 bits per heavy atom. The summed E-state index contributed by atoms with van der Waals surface area (Å²) in [5.74, 6) is 0. The zero-order valence-corrected chi connectivity index (χ0v) is 13.5. The molecule has 0 spiro atoms. The van der Waals surface area contributed by atoms with E-state index in [9.17, 15) is 8.42 Å². The summed E-state index contributed by atoms with van der Waals surface area (Å²) in [5, 5.41) is 0. The number of benzene rings is 1. The van der Waals surface area contributed by atoms with Crippen molar-refractivity contribution in [1.29, 1.82) is 0 Å². The quantitative estimate of drug-likeness (QED) is 0.761. The van der Waals surface area contributed by atoms with Gasteiger partial charge in [0.1, 0.15) is 0 Å². The highest BCUT2D eigenvalue weighted by Gasteiger charge is 2.22. The number of nitrogens with one attached hydrogen (secondary N) is 1. The third kappa shape index (κ3) is 5.23. The number of unbranched alkanes of at least 4 members (excludes halogenated alkanes) is 1. The monoisotopic (exact) mass is 298 g/mol. The fourth-order valence-corrected chi connectivity index (χ4v) is 3.20. The van der Waals surface area contributed by atoms with Crippen molar-refractivity contribution in [3.63, 3.8) is 0 Å². The highest BCUT2D eigenvalue weighted by atomic mass is 32.2. The number of rotatable bonds is 9. The highest BCUT2D eigenvalue weighted by molar-refractivity contribution is 7.87. The largest absolute Gasteiger partial charge is 0.279 e. The Bertz CT molecular complexity index is 474. The van der Waals surface area contributed by atoms with E-state index >= 15 is 0 Å². The molecule has 0 bridgehead atoms. The first-order chi connectivity index (χ1) is 9.51. The van der Waals surface area contributed by atoms with Crippen molar-refractivity contribution in [3.8, 4) is 0 Å². The molecule has 4 nitrogen and oxygen atoms in total. The van der Waals surface area contributed by atoms with Crippen LogP contribution in [0.15, 0.2) is 30.3 Å². The van der Waals surface area contributed by atoms with E-state index < -0.39 is 10.2 Å². The van der Waals surface area contributed by atoms with Crippen molar-refractivity contribution in [1.82, 2.24) is 9.03 Å². The fraction of sp³-hybridized carbons (Fsp3) is 0.600. The van der Waals surface area contributed by atoms with Crippen LogP contribution in [0.2, 0.25) is 0 Å². The molecule has 1 unspecified atom stereocenters. The molecule has 0 saturated carbocycles. The molecule has 0 heterocycles. The lowest BCUT2D eigenvalue weighted by atomic mass is 10.0. The average molecular weight is 298 g/mol. The van der Waals surface area contributed by atoms with Gasteiger partial charge in [-0.25, -0.2) is 0 Å². The van der Waals surface area contributed by atoms with Gasteiger partial charge in [0.15, 0.2) is 0 Å². The van der Waals surface area contributed by atoms with Crippen LogP contribution in [0.1, 0.15) is 51.1 Å². The topological polar surface area (TPSA) is 49.4 Å². The Morgan fingerprint density at radius 3 is 2.35 bits per heavy atom. The average Bonchev–Trinajstić information content (AvgIpc) is 2.45. The Balaban J connectivity index is 2.79. The van der Waals surface area contributed by atoms with Gasteiger partial charge in [-0.3, -0.25) is 0 Å². The molecule has 1 atom stereocenters. The number of hydrogen-bond acceptors (Lipinski definition) is 2. The van der Waals surface area contributed by atoms with Gasteiger partial charge in [0.25, 0.3) is 10.2 Å². The van der Waals surface area contributed by atoms with E-state index in [0.717, 1.165) is 31.2 Å². The predicted molar refractivity (Wildman–Crippen MR) is 83.7 cm³/mol. The van der Waals surface area contributed by atoms with Crippen LogP contribution < -0.4 is 4.72 Å². The van der Waals surface area contributed by atoms with E-state index in [2.05, 4.69) is 18.6 Å². The molecule has 0 aliphatic heterocycles. The van der Waals surface area contributed by atoms with E-state index in [4.69, 9.17) is 0 Å². The molecule has 114 valence electrons. The minimum Gasteiger partial charge on any atom is -0.195 e. The van der Waals surface area contributed by atoms with Crippen LogP contribution >= 0.6 is 0 Å². The summed E-state index contributed by atoms with van der Waals surface area (Å²) in [6.45, 7) is 4.67. The smallest absolute Gasteiger partial charge is 0.195 e.